The summed E-state index contributed by atoms with van der Waals surface area (Å²) in [5.41, 5.74) is 8.32. The van der Waals surface area contributed by atoms with Gasteiger partial charge in [0.2, 0.25) is 5.95 Å². The molecule has 2 heterocycles. The molecule has 9 nitrogen and oxygen atoms in total. The van der Waals surface area contributed by atoms with Crippen LogP contribution in [-0.2, 0) is 0 Å². The average Bonchev–Trinajstić information content (AvgIpc) is 2.96. The van der Waals surface area contributed by atoms with Crippen LogP contribution in [0.3, 0.4) is 0 Å². The van der Waals surface area contributed by atoms with Crippen molar-refractivity contribution in [3.05, 3.63) is 35.0 Å². The Kier molecular flexibility index (Phi) is 4.68. The molecule has 11 heteroatoms. The standard InChI is InChI=1S/C10H11BBrN7O2/c1-6(11(20)21)5-14-18-10-16-8(13)7(12)9(17-10)19-4-2-3-15-19/h2-5,20-21H,1H2,(H3,13,16,17,18)/b14-5-. The summed E-state index contributed by atoms with van der Waals surface area (Å²) in [7, 11) is -1.67. The van der Waals surface area contributed by atoms with Gasteiger partial charge in [-0.25, -0.2) is 10.1 Å². The molecule has 0 atom stereocenters. The van der Waals surface area contributed by atoms with E-state index in [1.165, 1.54) is 4.68 Å². The number of nitrogens with one attached hydrogen (secondary N) is 1. The van der Waals surface area contributed by atoms with Gasteiger partial charge in [0.05, 0.1) is 0 Å². The van der Waals surface area contributed by atoms with Crippen molar-refractivity contribution in [1.82, 2.24) is 19.7 Å². The van der Waals surface area contributed by atoms with Crippen LogP contribution >= 0.6 is 15.9 Å². The van der Waals surface area contributed by atoms with E-state index in [0.717, 1.165) is 6.21 Å². The fraction of sp³-hybridized carbons (Fsp3) is 0. The van der Waals surface area contributed by atoms with Crippen LogP contribution in [0.1, 0.15) is 0 Å². The predicted molar refractivity (Wildman–Crippen MR) is 82.7 cm³/mol. The third-order valence-electron chi connectivity index (χ3n) is 2.31. The Bertz CT molecular complexity index is 674. The summed E-state index contributed by atoms with van der Waals surface area (Å²) in [4.78, 5) is 8.18. The quantitative estimate of drug-likeness (QED) is 0.337. The Balaban J connectivity index is 2.24. The zero-order valence-corrected chi connectivity index (χ0v) is 12.3. The Labute approximate surface area is 128 Å². The van der Waals surface area contributed by atoms with E-state index in [1.807, 2.05) is 0 Å². The second-order valence-electron chi connectivity index (χ2n) is 3.84. The lowest BCUT2D eigenvalue weighted by Gasteiger charge is -2.08. The maximum atomic E-state index is 8.84. The first-order valence-corrected chi connectivity index (χ1v) is 6.45. The number of hydrogen-bond donors (Lipinski definition) is 4. The molecule has 0 amide bonds. The highest BCUT2D eigenvalue weighted by Gasteiger charge is 2.12. The summed E-state index contributed by atoms with van der Waals surface area (Å²) in [6.07, 6.45) is 4.44. The molecule has 2 aromatic heterocycles. The second kappa shape index (κ2) is 6.48. The van der Waals surface area contributed by atoms with Crippen molar-refractivity contribution in [3.8, 4) is 5.82 Å². The molecule has 0 aromatic carbocycles. The SMILES string of the molecule is C=C(/C=N\Nc1nc(N)c(Br)c(-n2cccn2)n1)B(O)O. The van der Waals surface area contributed by atoms with Gasteiger partial charge in [0.25, 0.3) is 0 Å². The van der Waals surface area contributed by atoms with Crippen LogP contribution in [0.4, 0.5) is 11.8 Å². The largest absolute Gasteiger partial charge is 0.489 e. The third-order valence-corrected chi connectivity index (χ3v) is 3.07. The Hall–Kier alpha value is -2.24. The van der Waals surface area contributed by atoms with Crippen LogP contribution in [0.15, 0.2) is 40.1 Å². The molecule has 0 fully saturated rings. The first-order valence-electron chi connectivity index (χ1n) is 5.66. The minimum absolute atomic E-state index is 0.0138. The number of aromatic nitrogens is 4. The zero-order chi connectivity index (χ0) is 15.4. The zero-order valence-electron chi connectivity index (χ0n) is 10.7. The van der Waals surface area contributed by atoms with Crippen molar-refractivity contribution in [2.45, 2.75) is 0 Å². The molecule has 108 valence electrons. The topological polar surface area (TPSA) is 134 Å². The van der Waals surface area contributed by atoms with Gasteiger partial charge < -0.3 is 15.8 Å². The van der Waals surface area contributed by atoms with Gasteiger partial charge in [0.1, 0.15) is 10.3 Å². The molecule has 0 aliphatic heterocycles. The molecule has 0 unspecified atom stereocenters. The average molecular weight is 352 g/mol. The fourth-order valence-corrected chi connectivity index (χ4v) is 1.65. The normalized spacial score (nSPS) is 10.8. The van der Waals surface area contributed by atoms with Gasteiger partial charge in [0.15, 0.2) is 5.82 Å². The summed E-state index contributed by atoms with van der Waals surface area (Å²) in [6, 6.07) is 1.74. The molecule has 0 radical (unpaired) electrons. The minimum Gasteiger partial charge on any atom is -0.423 e. The molecule has 2 aromatic rings. The van der Waals surface area contributed by atoms with Gasteiger partial charge in [-0.3, -0.25) is 0 Å². The highest BCUT2D eigenvalue weighted by Crippen LogP contribution is 2.25. The summed E-state index contributed by atoms with van der Waals surface area (Å²) >= 11 is 3.29. The van der Waals surface area contributed by atoms with E-state index in [2.05, 4.69) is 48.1 Å². The summed E-state index contributed by atoms with van der Waals surface area (Å²) in [6.45, 7) is 3.40. The second-order valence-corrected chi connectivity index (χ2v) is 4.63. The number of nitrogens with two attached hydrogens (primary N) is 1. The summed E-state index contributed by atoms with van der Waals surface area (Å²) in [5, 5.41) is 25.5. The minimum atomic E-state index is -1.67. The molecule has 21 heavy (non-hydrogen) atoms. The van der Waals surface area contributed by atoms with Crippen molar-refractivity contribution >= 4 is 41.0 Å². The monoisotopic (exact) mass is 351 g/mol. The smallest absolute Gasteiger partial charge is 0.423 e. The van der Waals surface area contributed by atoms with E-state index in [0.29, 0.717) is 10.3 Å². The number of hydrogen-bond acceptors (Lipinski definition) is 8. The Morgan fingerprint density at radius 3 is 2.90 bits per heavy atom. The molecular formula is C10H11BBrN7O2. The van der Waals surface area contributed by atoms with Gasteiger partial charge in [-0.2, -0.15) is 20.2 Å². The van der Waals surface area contributed by atoms with Gasteiger partial charge in [-0.15, -0.1) is 0 Å². The van der Waals surface area contributed by atoms with E-state index in [-0.39, 0.29) is 17.2 Å². The van der Waals surface area contributed by atoms with E-state index >= 15 is 0 Å². The lowest BCUT2D eigenvalue weighted by atomic mass is 9.82. The van der Waals surface area contributed by atoms with Crippen LogP contribution in [0.5, 0.6) is 0 Å². The molecule has 0 saturated carbocycles. The van der Waals surface area contributed by atoms with Crippen molar-refractivity contribution in [3.63, 3.8) is 0 Å². The lowest BCUT2D eigenvalue weighted by Crippen LogP contribution is -2.15. The van der Waals surface area contributed by atoms with Crippen molar-refractivity contribution in [2.75, 3.05) is 11.2 Å². The first-order chi connectivity index (χ1) is 9.99. The number of nitrogens with zero attached hydrogens (tertiary/aromatic N) is 5. The maximum Gasteiger partial charge on any atom is 0.489 e. The van der Waals surface area contributed by atoms with Crippen molar-refractivity contribution < 1.29 is 10.0 Å². The summed E-state index contributed by atoms with van der Waals surface area (Å²) in [5.74, 6) is 0.762. The van der Waals surface area contributed by atoms with Crippen molar-refractivity contribution in [2.24, 2.45) is 5.10 Å². The number of nitrogen functional groups attached to an aromatic ring is 1. The Morgan fingerprint density at radius 1 is 1.52 bits per heavy atom. The molecular weight excluding hydrogens is 341 g/mol. The van der Waals surface area contributed by atoms with Gasteiger partial charge >= 0.3 is 7.12 Å². The first kappa shape index (κ1) is 15.2. The Morgan fingerprint density at radius 2 is 2.29 bits per heavy atom. The predicted octanol–water partition coefficient (Wildman–Crippen LogP) is -0.0271. The number of anilines is 2. The molecule has 0 saturated heterocycles. The molecule has 0 aliphatic carbocycles. The summed E-state index contributed by atoms with van der Waals surface area (Å²) < 4.78 is 2.00. The fourth-order valence-electron chi connectivity index (χ4n) is 1.29. The molecule has 0 aliphatic rings. The molecule has 5 N–H and O–H groups in total. The highest BCUT2D eigenvalue weighted by molar-refractivity contribution is 9.10. The van der Waals surface area contributed by atoms with Crippen molar-refractivity contribution in [1.29, 1.82) is 0 Å². The maximum absolute atomic E-state index is 8.84. The number of hydrazone groups is 1. The van der Waals surface area contributed by atoms with Crippen LogP contribution in [0, 0.1) is 0 Å². The van der Waals surface area contributed by atoms with Gasteiger partial charge in [-0.05, 0) is 27.5 Å². The third kappa shape index (κ3) is 3.65. The molecule has 0 spiro atoms. The van der Waals surface area contributed by atoms with Crippen LogP contribution in [0.2, 0.25) is 0 Å². The number of rotatable bonds is 5. The van der Waals surface area contributed by atoms with E-state index in [4.69, 9.17) is 15.8 Å². The van der Waals surface area contributed by atoms with E-state index in [1.54, 1.807) is 18.5 Å². The highest BCUT2D eigenvalue weighted by atomic mass is 79.9. The lowest BCUT2D eigenvalue weighted by molar-refractivity contribution is 0.422. The molecule has 0 bridgehead atoms. The van der Waals surface area contributed by atoms with Crippen LogP contribution in [-0.4, -0.2) is 43.1 Å². The van der Waals surface area contributed by atoms with Gasteiger partial charge in [0, 0.05) is 18.6 Å². The number of halogens is 1. The van der Waals surface area contributed by atoms with E-state index < -0.39 is 7.12 Å². The van der Waals surface area contributed by atoms with E-state index in [9.17, 15) is 0 Å². The van der Waals surface area contributed by atoms with Crippen LogP contribution < -0.4 is 11.2 Å². The van der Waals surface area contributed by atoms with Gasteiger partial charge in [-0.1, -0.05) is 6.58 Å². The number of allylic oxidation sites excluding steroid dienone is 1. The molecule has 2 rings (SSSR count). The van der Waals surface area contributed by atoms with Crippen LogP contribution in [0.25, 0.3) is 5.82 Å².